The van der Waals surface area contributed by atoms with Crippen LogP contribution in [0.1, 0.15) is 17.8 Å². The number of carbonyl (C=O) groups is 2. The number of carbonyl (C=O) groups excluding carboxylic acids is 2. The minimum absolute atomic E-state index is 0.152. The van der Waals surface area contributed by atoms with Crippen molar-refractivity contribution < 1.29 is 9.59 Å². The van der Waals surface area contributed by atoms with Crippen LogP contribution >= 0.6 is 0 Å². The third-order valence-corrected chi connectivity index (χ3v) is 2.83. The molecule has 1 atom stereocenters. The summed E-state index contributed by atoms with van der Waals surface area (Å²) >= 11 is 0. The van der Waals surface area contributed by atoms with Gasteiger partial charge in [-0.05, 0) is 13.8 Å². The number of aryl methyl sites for hydroxylation is 2. The van der Waals surface area contributed by atoms with Gasteiger partial charge in [-0.1, -0.05) is 0 Å². The lowest BCUT2D eigenvalue weighted by atomic mass is 10.2. The Morgan fingerprint density at radius 1 is 1.44 bits per heavy atom. The maximum Gasteiger partial charge on any atom is 0.251 e. The summed E-state index contributed by atoms with van der Waals surface area (Å²) in [6.07, 6.45) is 0.208. The molecule has 0 aromatic carbocycles. The van der Waals surface area contributed by atoms with E-state index in [1.165, 1.54) is 7.05 Å². The zero-order chi connectivity index (χ0) is 11.9. The van der Waals surface area contributed by atoms with Gasteiger partial charge in [0.15, 0.2) is 0 Å². The molecule has 1 aliphatic heterocycles. The molecular formula is C10H14N4O2. The maximum absolute atomic E-state index is 11.7. The Hall–Kier alpha value is -1.85. The van der Waals surface area contributed by atoms with E-state index in [9.17, 15) is 9.59 Å². The Kier molecular flexibility index (Phi) is 2.41. The first-order valence-electron chi connectivity index (χ1n) is 5.09. The number of likely N-dealkylation sites (tertiary alicyclic amines) is 1. The van der Waals surface area contributed by atoms with Gasteiger partial charge in [-0.25, -0.2) is 0 Å². The van der Waals surface area contributed by atoms with Crippen molar-refractivity contribution in [2.45, 2.75) is 26.3 Å². The van der Waals surface area contributed by atoms with Crippen molar-refractivity contribution >= 4 is 17.5 Å². The molecule has 1 aromatic heterocycles. The average molecular weight is 222 g/mol. The van der Waals surface area contributed by atoms with Crippen molar-refractivity contribution in [2.24, 2.45) is 0 Å². The smallest absolute Gasteiger partial charge is 0.251 e. The molecule has 86 valence electrons. The van der Waals surface area contributed by atoms with Crippen LogP contribution in [0.15, 0.2) is 0 Å². The van der Waals surface area contributed by atoms with Gasteiger partial charge in [0.2, 0.25) is 5.91 Å². The highest BCUT2D eigenvalue weighted by Crippen LogP contribution is 2.21. The molecule has 1 aromatic rings. The van der Waals surface area contributed by atoms with Gasteiger partial charge in [0, 0.05) is 7.05 Å². The van der Waals surface area contributed by atoms with Crippen LogP contribution in [0.25, 0.3) is 0 Å². The van der Waals surface area contributed by atoms with Gasteiger partial charge in [-0.15, -0.1) is 0 Å². The fourth-order valence-corrected chi connectivity index (χ4v) is 1.81. The summed E-state index contributed by atoms with van der Waals surface area (Å²) in [5.74, 6) is -0.341. The first-order chi connectivity index (χ1) is 7.50. The number of aromatic nitrogens is 2. The standard InChI is InChI=1S/C10H14N4O2/c1-5-9(6(2)13-12-5)11-7-4-8(15)14(3)10(7)16/h7,11H,4H2,1-3H3,(H,12,13). The minimum Gasteiger partial charge on any atom is -0.370 e. The fourth-order valence-electron chi connectivity index (χ4n) is 1.81. The number of likely N-dealkylation sites (N-methyl/N-ethyl adjacent to an activating group) is 1. The molecule has 16 heavy (non-hydrogen) atoms. The van der Waals surface area contributed by atoms with Crippen molar-refractivity contribution in [3.05, 3.63) is 11.4 Å². The first-order valence-corrected chi connectivity index (χ1v) is 5.09. The van der Waals surface area contributed by atoms with E-state index < -0.39 is 6.04 Å². The molecule has 6 nitrogen and oxygen atoms in total. The van der Waals surface area contributed by atoms with Crippen LogP contribution in [-0.4, -0.2) is 40.0 Å². The summed E-state index contributed by atoms with van der Waals surface area (Å²) in [5, 5.41) is 9.91. The summed E-state index contributed by atoms with van der Waals surface area (Å²) in [7, 11) is 1.50. The van der Waals surface area contributed by atoms with Crippen LogP contribution < -0.4 is 5.32 Å². The van der Waals surface area contributed by atoms with Gasteiger partial charge in [-0.3, -0.25) is 19.6 Å². The van der Waals surface area contributed by atoms with Gasteiger partial charge >= 0.3 is 0 Å². The predicted molar refractivity (Wildman–Crippen MR) is 57.9 cm³/mol. The van der Waals surface area contributed by atoms with E-state index in [0.717, 1.165) is 22.0 Å². The van der Waals surface area contributed by atoms with Crippen LogP contribution in [0.5, 0.6) is 0 Å². The molecule has 1 fully saturated rings. The van der Waals surface area contributed by atoms with E-state index in [-0.39, 0.29) is 18.2 Å². The van der Waals surface area contributed by atoms with E-state index in [4.69, 9.17) is 0 Å². The van der Waals surface area contributed by atoms with Crippen molar-refractivity contribution in [3.8, 4) is 0 Å². The molecule has 2 heterocycles. The van der Waals surface area contributed by atoms with Crippen LogP contribution in [0, 0.1) is 13.8 Å². The summed E-state index contributed by atoms with van der Waals surface area (Å²) in [6.45, 7) is 3.71. The molecule has 0 radical (unpaired) electrons. The Balaban J connectivity index is 2.18. The van der Waals surface area contributed by atoms with Crippen molar-refractivity contribution in [3.63, 3.8) is 0 Å². The van der Waals surface area contributed by atoms with Gasteiger partial charge in [-0.2, -0.15) is 5.10 Å². The normalized spacial score (nSPS) is 20.7. The minimum atomic E-state index is -0.465. The van der Waals surface area contributed by atoms with Gasteiger partial charge in [0.25, 0.3) is 5.91 Å². The number of hydrogen-bond donors (Lipinski definition) is 2. The molecule has 2 N–H and O–H groups in total. The number of rotatable bonds is 2. The molecule has 1 saturated heterocycles. The molecule has 1 aliphatic rings. The number of nitrogens with one attached hydrogen (secondary N) is 2. The van der Waals surface area contributed by atoms with Crippen LogP contribution in [0.2, 0.25) is 0 Å². The van der Waals surface area contributed by atoms with Gasteiger partial charge in [0.05, 0.1) is 23.5 Å². The lowest BCUT2D eigenvalue weighted by Crippen LogP contribution is -2.32. The second kappa shape index (κ2) is 3.62. The SMILES string of the molecule is Cc1n[nH]c(C)c1NC1CC(=O)N(C)C1=O. The maximum atomic E-state index is 11.7. The lowest BCUT2D eigenvalue weighted by Gasteiger charge is -2.12. The second-order valence-electron chi connectivity index (χ2n) is 4.00. The van der Waals surface area contributed by atoms with Crippen LogP contribution in [0.3, 0.4) is 0 Å². The van der Waals surface area contributed by atoms with Gasteiger partial charge in [0.1, 0.15) is 6.04 Å². The van der Waals surface area contributed by atoms with E-state index in [1.807, 2.05) is 13.8 Å². The first kappa shape index (κ1) is 10.7. The lowest BCUT2D eigenvalue weighted by molar-refractivity contribution is -0.136. The fraction of sp³-hybridized carbons (Fsp3) is 0.500. The Labute approximate surface area is 93.0 Å². The number of amides is 2. The summed E-state index contributed by atoms with van der Waals surface area (Å²) < 4.78 is 0. The highest BCUT2D eigenvalue weighted by molar-refractivity contribution is 6.06. The van der Waals surface area contributed by atoms with E-state index in [1.54, 1.807) is 0 Å². The Bertz CT molecular complexity index is 432. The third kappa shape index (κ3) is 1.56. The quantitative estimate of drug-likeness (QED) is 0.700. The van der Waals surface area contributed by atoms with Crippen LogP contribution in [-0.2, 0) is 9.59 Å². The van der Waals surface area contributed by atoms with E-state index in [0.29, 0.717) is 0 Å². The Morgan fingerprint density at radius 3 is 2.56 bits per heavy atom. The predicted octanol–water partition coefficient (Wildman–Crippen LogP) is 0.196. The van der Waals surface area contributed by atoms with Crippen LogP contribution in [0.4, 0.5) is 5.69 Å². The second-order valence-corrected chi connectivity index (χ2v) is 4.00. The number of nitrogens with zero attached hydrogens (tertiary/aromatic N) is 2. The summed E-state index contributed by atoms with van der Waals surface area (Å²) in [5.41, 5.74) is 2.47. The third-order valence-electron chi connectivity index (χ3n) is 2.83. The number of H-pyrrole nitrogens is 1. The molecule has 0 aliphatic carbocycles. The van der Waals surface area contributed by atoms with Gasteiger partial charge < -0.3 is 5.32 Å². The Morgan fingerprint density at radius 2 is 2.12 bits per heavy atom. The number of aromatic amines is 1. The van der Waals surface area contributed by atoms with Crippen molar-refractivity contribution in [2.75, 3.05) is 12.4 Å². The highest BCUT2D eigenvalue weighted by Gasteiger charge is 2.36. The molecule has 0 bridgehead atoms. The molecule has 1 unspecified atom stereocenters. The largest absolute Gasteiger partial charge is 0.370 e. The molecule has 2 amide bonds. The van der Waals surface area contributed by atoms with Crippen molar-refractivity contribution in [1.82, 2.24) is 15.1 Å². The monoisotopic (exact) mass is 222 g/mol. The number of hydrogen-bond acceptors (Lipinski definition) is 4. The summed E-state index contributed by atoms with van der Waals surface area (Å²) in [6, 6.07) is -0.465. The van der Waals surface area contributed by atoms with Crippen molar-refractivity contribution in [1.29, 1.82) is 0 Å². The topological polar surface area (TPSA) is 78.1 Å². The zero-order valence-electron chi connectivity index (χ0n) is 9.50. The molecule has 2 rings (SSSR count). The molecular weight excluding hydrogens is 208 g/mol. The summed E-state index contributed by atoms with van der Waals surface area (Å²) in [4.78, 5) is 24.2. The molecule has 0 spiro atoms. The average Bonchev–Trinajstić information content (AvgIpc) is 2.67. The highest BCUT2D eigenvalue weighted by atomic mass is 16.2. The zero-order valence-corrected chi connectivity index (χ0v) is 9.50. The van der Waals surface area contributed by atoms with E-state index in [2.05, 4.69) is 15.5 Å². The molecule has 6 heteroatoms. The number of anilines is 1. The molecule has 0 saturated carbocycles. The number of imide groups is 1. The van der Waals surface area contributed by atoms with E-state index >= 15 is 0 Å².